The fourth-order valence-electron chi connectivity index (χ4n) is 3.14. The Balaban J connectivity index is 0.000000902. The SMILES string of the molecule is Cl.Cl.c1ccc2c(c1)CCN(CC1CCNCC1)C2. The van der Waals surface area contributed by atoms with E-state index in [1.807, 2.05) is 0 Å². The van der Waals surface area contributed by atoms with Gasteiger partial charge in [-0.3, -0.25) is 4.90 Å². The summed E-state index contributed by atoms with van der Waals surface area (Å²) in [6.07, 6.45) is 3.96. The number of halogens is 2. The molecule has 1 fully saturated rings. The van der Waals surface area contributed by atoms with Gasteiger partial charge in [-0.05, 0) is 49.4 Å². The van der Waals surface area contributed by atoms with Crippen LogP contribution in [0.1, 0.15) is 24.0 Å². The average molecular weight is 303 g/mol. The molecule has 1 aromatic carbocycles. The maximum atomic E-state index is 3.45. The van der Waals surface area contributed by atoms with Crippen LogP contribution < -0.4 is 5.32 Å². The number of hydrogen-bond donors (Lipinski definition) is 1. The van der Waals surface area contributed by atoms with Gasteiger partial charge in [-0.1, -0.05) is 24.3 Å². The minimum Gasteiger partial charge on any atom is -0.317 e. The quantitative estimate of drug-likeness (QED) is 0.904. The van der Waals surface area contributed by atoms with Gasteiger partial charge in [-0.25, -0.2) is 0 Å². The lowest BCUT2D eigenvalue weighted by atomic mass is 9.95. The molecular formula is C15H24Cl2N2. The lowest BCUT2D eigenvalue weighted by Gasteiger charge is -2.33. The van der Waals surface area contributed by atoms with Gasteiger partial charge in [0.2, 0.25) is 0 Å². The first-order valence-electron chi connectivity index (χ1n) is 6.91. The largest absolute Gasteiger partial charge is 0.317 e. The van der Waals surface area contributed by atoms with E-state index < -0.39 is 0 Å². The van der Waals surface area contributed by atoms with Crippen LogP contribution in [0.5, 0.6) is 0 Å². The van der Waals surface area contributed by atoms with E-state index in [9.17, 15) is 0 Å². The normalized spacial score (nSPS) is 20.0. The fourth-order valence-corrected chi connectivity index (χ4v) is 3.14. The number of benzene rings is 1. The smallest absolute Gasteiger partial charge is 0.0236 e. The number of fused-ring (bicyclic) bond motifs is 1. The number of hydrogen-bond acceptors (Lipinski definition) is 2. The van der Waals surface area contributed by atoms with E-state index in [1.165, 1.54) is 52.0 Å². The zero-order valence-electron chi connectivity index (χ0n) is 11.3. The molecule has 0 aromatic heterocycles. The molecule has 108 valence electrons. The van der Waals surface area contributed by atoms with Gasteiger partial charge in [0.1, 0.15) is 0 Å². The Bertz CT molecular complexity index is 378. The second kappa shape index (κ2) is 8.11. The third-order valence-corrected chi connectivity index (χ3v) is 4.18. The topological polar surface area (TPSA) is 15.3 Å². The van der Waals surface area contributed by atoms with Crippen molar-refractivity contribution in [1.82, 2.24) is 10.2 Å². The van der Waals surface area contributed by atoms with Crippen molar-refractivity contribution in [3.05, 3.63) is 35.4 Å². The number of rotatable bonds is 2. The fraction of sp³-hybridized carbons (Fsp3) is 0.600. The molecule has 1 aromatic rings. The highest BCUT2D eigenvalue weighted by atomic mass is 35.5. The van der Waals surface area contributed by atoms with Crippen molar-refractivity contribution in [2.75, 3.05) is 26.2 Å². The first-order chi connectivity index (χ1) is 8.42. The molecule has 1 N–H and O–H groups in total. The highest BCUT2D eigenvalue weighted by Crippen LogP contribution is 2.21. The molecule has 1 saturated heterocycles. The second-order valence-corrected chi connectivity index (χ2v) is 5.45. The van der Waals surface area contributed by atoms with Crippen LogP contribution >= 0.6 is 24.8 Å². The highest BCUT2D eigenvalue weighted by molar-refractivity contribution is 5.85. The Labute approximate surface area is 128 Å². The van der Waals surface area contributed by atoms with Crippen molar-refractivity contribution in [3.63, 3.8) is 0 Å². The van der Waals surface area contributed by atoms with Crippen LogP contribution in [0.4, 0.5) is 0 Å². The highest BCUT2D eigenvalue weighted by Gasteiger charge is 2.20. The Morgan fingerprint density at radius 3 is 2.47 bits per heavy atom. The summed E-state index contributed by atoms with van der Waals surface area (Å²) in [5.74, 6) is 0.918. The maximum absolute atomic E-state index is 3.45. The van der Waals surface area contributed by atoms with Gasteiger partial charge in [-0.15, -0.1) is 24.8 Å². The molecule has 0 radical (unpaired) electrons. The maximum Gasteiger partial charge on any atom is 0.0236 e. The summed E-state index contributed by atoms with van der Waals surface area (Å²) in [5, 5.41) is 3.45. The Kier molecular flexibility index (Phi) is 7.16. The third-order valence-electron chi connectivity index (χ3n) is 4.18. The minimum atomic E-state index is 0. The Hall–Kier alpha value is -0.280. The van der Waals surface area contributed by atoms with E-state index in [4.69, 9.17) is 0 Å². The monoisotopic (exact) mass is 302 g/mol. The molecule has 3 rings (SSSR count). The molecule has 0 spiro atoms. The zero-order chi connectivity index (χ0) is 11.5. The number of nitrogens with one attached hydrogen (secondary N) is 1. The van der Waals surface area contributed by atoms with Gasteiger partial charge in [0.15, 0.2) is 0 Å². The molecule has 0 bridgehead atoms. The Morgan fingerprint density at radius 1 is 1.05 bits per heavy atom. The van der Waals surface area contributed by atoms with E-state index in [0.29, 0.717) is 0 Å². The van der Waals surface area contributed by atoms with Gasteiger partial charge in [0.05, 0.1) is 0 Å². The number of piperidine rings is 1. The molecule has 19 heavy (non-hydrogen) atoms. The molecule has 0 saturated carbocycles. The van der Waals surface area contributed by atoms with Gasteiger partial charge in [-0.2, -0.15) is 0 Å². The Morgan fingerprint density at radius 2 is 1.74 bits per heavy atom. The minimum absolute atomic E-state index is 0. The van der Waals surface area contributed by atoms with Gasteiger partial charge in [0.25, 0.3) is 0 Å². The first-order valence-corrected chi connectivity index (χ1v) is 6.91. The molecule has 2 aliphatic rings. The van der Waals surface area contributed by atoms with Crippen LogP contribution in [0.15, 0.2) is 24.3 Å². The van der Waals surface area contributed by atoms with E-state index in [2.05, 4.69) is 34.5 Å². The lowest BCUT2D eigenvalue weighted by molar-refractivity contribution is 0.191. The van der Waals surface area contributed by atoms with Crippen molar-refractivity contribution in [1.29, 1.82) is 0 Å². The predicted octanol–water partition coefficient (Wildman–Crippen LogP) is 2.89. The second-order valence-electron chi connectivity index (χ2n) is 5.45. The lowest BCUT2D eigenvalue weighted by Crippen LogP contribution is -2.38. The van der Waals surface area contributed by atoms with Crippen LogP contribution in [-0.2, 0) is 13.0 Å². The van der Waals surface area contributed by atoms with E-state index in [0.717, 1.165) is 5.92 Å². The molecule has 0 amide bonds. The summed E-state index contributed by atoms with van der Waals surface area (Å²) in [6, 6.07) is 8.93. The summed E-state index contributed by atoms with van der Waals surface area (Å²) in [4.78, 5) is 2.65. The van der Waals surface area contributed by atoms with Crippen LogP contribution in [0.2, 0.25) is 0 Å². The summed E-state index contributed by atoms with van der Waals surface area (Å²) in [6.45, 7) is 6.15. The summed E-state index contributed by atoms with van der Waals surface area (Å²) in [5.41, 5.74) is 3.11. The van der Waals surface area contributed by atoms with Crippen LogP contribution in [-0.4, -0.2) is 31.1 Å². The molecule has 0 aliphatic carbocycles. The molecule has 2 aliphatic heterocycles. The molecule has 2 heterocycles. The number of nitrogens with zero attached hydrogens (tertiary/aromatic N) is 1. The van der Waals surface area contributed by atoms with Crippen molar-refractivity contribution < 1.29 is 0 Å². The predicted molar refractivity (Wildman–Crippen MR) is 85.5 cm³/mol. The summed E-state index contributed by atoms with van der Waals surface area (Å²) in [7, 11) is 0. The van der Waals surface area contributed by atoms with Crippen LogP contribution in [0.3, 0.4) is 0 Å². The van der Waals surface area contributed by atoms with Gasteiger partial charge < -0.3 is 5.32 Å². The molecule has 4 heteroatoms. The zero-order valence-corrected chi connectivity index (χ0v) is 12.9. The average Bonchev–Trinajstić information content (AvgIpc) is 2.40. The van der Waals surface area contributed by atoms with Crippen LogP contribution in [0.25, 0.3) is 0 Å². The van der Waals surface area contributed by atoms with Crippen LogP contribution in [0, 0.1) is 5.92 Å². The van der Waals surface area contributed by atoms with E-state index in [1.54, 1.807) is 11.1 Å². The third kappa shape index (κ3) is 4.35. The summed E-state index contributed by atoms with van der Waals surface area (Å²) < 4.78 is 0. The van der Waals surface area contributed by atoms with E-state index in [-0.39, 0.29) is 24.8 Å². The van der Waals surface area contributed by atoms with Crippen molar-refractivity contribution in [2.45, 2.75) is 25.8 Å². The summed E-state index contributed by atoms with van der Waals surface area (Å²) >= 11 is 0. The standard InChI is InChI=1S/C15H22N2.2ClH/c1-2-4-15-12-17(10-7-14(15)3-1)11-13-5-8-16-9-6-13;;/h1-4,13,16H,5-12H2;2*1H. The van der Waals surface area contributed by atoms with Crippen molar-refractivity contribution in [3.8, 4) is 0 Å². The van der Waals surface area contributed by atoms with Crippen molar-refractivity contribution in [2.24, 2.45) is 5.92 Å². The van der Waals surface area contributed by atoms with E-state index >= 15 is 0 Å². The molecule has 0 unspecified atom stereocenters. The molecular weight excluding hydrogens is 279 g/mol. The first kappa shape index (κ1) is 16.8. The van der Waals surface area contributed by atoms with Gasteiger partial charge in [0, 0.05) is 19.6 Å². The van der Waals surface area contributed by atoms with Gasteiger partial charge >= 0.3 is 0 Å². The van der Waals surface area contributed by atoms with Crippen molar-refractivity contribution >= 4 is 24.8 Å². The molecule has 2 nitrogen and oxygen atoms in total. The molecule has 0 atom stereocenters.